The molecule has 1 amide bonds. The van der Waals surface area contributed by atoms with E-state index in [1.807, 2.05) is 0 Å². The van der Waals surface area contributed by atoms with E-state index < -0.39 is 5.91 Å². The fourth-order valence-corrected chi connectivity index (χ4v) is 1.86. The van der Waals surface area contributed by atoms with Gasteiger partial charge in [-0.05, 0) is 30.0 Å². The highest BCUT2D eigenvalue weighted by molar-refractivity contribution is 6.33. The van der Waals surface area contributed by atoms with Gasteiger partial charge in [0.1, 0.15) is 0 Å². The molecule has 0 aliphatic carbocycles. The number of carbonyl (C=O) groups is 1. The van der Waals surface area contributed by atoms with E-state index in [1.165, 1.54) is 0 Å². The molecule has 0 aromatic heterocycles. The summed E-state index contributed by atoms with van der Waals surface area (Å²) in [7, 11) is 0. The van der Waals surface area contributed by atoms with E-state index in [4.69, 9.17) is 22.6 Å². The number of carbonyl (C=O) groups excluding carboxylic acids is 1. The molecule has 0 radical (unpaired) electrons. The highest BCUT2D eigenvalue weighted by Gasteiger charge is 2.17. The van der Waals surface area contributed by atoms with Gasteiger partial charge >= 0.3 is 0 Å². The molecule has 0 heterocycles. The van der Waals surface area contributed by atoms with Crippen molar-refractivity contribution in [2.24, 2.45) is 11.1 Å². The first-order chi connectivity index (χ1) is 8.85. The number of nitrogens with two attached hydrogens (primary N) is 1. The van der Waals surface area contributed by atoms with E-state index in [9.17, 15) is 4.79 Å². The summed E-state index contributed by atoms with van der Waals surface area (Å²) in [5.41, 5.74) is 6.35. The Hall–Kier alpha value is -1.73. The third kappa shape index (κ3) is 4.80. The normalized spacial score (nSPS) is 10.8. The maximum Gasteiger partial charge on any atom is 0.250 e. The second kappa shape index (κ2) is 6.44. The monoisotopic (exact) mass is 279 g/mol. The van der Waals surface area contributed by atoms with Gasteiger partial charge in [-0.25, -0.2) is 0 Å². The molecule has 0 atom stereocenters. The van der Waals surface area contributed by atoms with Crippen LogP contribution in [0.25, 0.3) is 0 Å². The Bertz CT molecular complexity index is 506. The molecule has 0 aliphatic heterocycles. The van der Waals surface area contributed by atoms with Gasteiger partial charge < -0.3 is 11.1 Å². The fraction of sp³-hybridized carbons (Fsp3) is 0.429. The number of primary amides is 1. The van der Waals surface area contributed by atoms with Crippen LogP contribution in [0.4, 0.5) is 5.69 Å². The van der Waals surface area contributed by atoms with Gasteiger partial charge in [-0.2, -0.15) is 5.26 Å². The molecule has 19 heavy (non-hydrogen) atoms. The highest BCUT2D eigenvalue weighted by atomic mass is 35.5. The van der Waals surface area contributed by atoms with Crippen molar-refractivity contribution in [2.45, 2.75) is 26.7 Å². The van der Waals surface area contributed by atoms with Crippen molar-refractivity contribution in [3.05, 3.63) is 28.8 Å². The Balaban J connectivity index is 2.71. The van der Waals surface area contributed by atoms with Crippen molar-refractivity contribution in [3.63, 3.8) is 0 Å². The number of nitrogens with zero attached hydrogens (tertiary/aromatic N) is 1. The van der Waals surface area contributed by atoms with E-state index in [-0.39, 0.29) is 5.41 Å². The topological polar surface area (TPSA) is 78.9 Å². The van der Waals surface area contributed by atoms with Crippen LogP contribution in [0.1, 0.15) is 37.0 Å². The zero-order valence-electron chi connectivity index (χ0n) is 11.2. The van der Waals surface area contributed by atoms with Crippen LogP contribution in [0.2, 0.25) is 5.02 Å². The molecule has 4 nitrogen and oxygen atoms in total. The lowest BCUT2D eigenvalue weighted by Gasteiger charge is -2.24. The van der Waals surface area contributed by atoms with E-state index in [0.717, 1.165) is 12.1 Å². The van der Waals surface area contributed by atoms with Crippen molar-refractivity contribution >= 4 is 23.2 Å². The Morgan fingerprint density at radius 1 is 1.53 bits per heavy atom. The van der Waals surface area contributed by atoms with Crippen molar-refractivity contribution < 1.29 is 4.79 Å². The number of rotatable bonds is 6. The summed E-state index contributed by atoms with van der Waals surface area (Å²) >= 11 is 5.89. The van der Waals surface area contributed by atoms with Crippen LogP contribution in [-0.2, 0) is 0 Å². The molecule has 0 saturated heterocycles. The number of nitriles is 1. The molecule has 0 unspecified atom stereocenters. The van der Waals surface area contributed by atoms with Crippen molar-refractivity contribution in [1.29, 1.82) is 5.26 Å². The van der Waals surface area contributed by atoms with E-state index in [0.29, 0.717) is 23.6 Å². The van der Waals surface area contributed by atoms with Gasteiger partial charge in [0.15, 0.2) is 0 Å². The maximum absolute atomic E-state index is 11.2. The minimum Gasteiger partial charge on any atom is -0.384 e. The van der Waals surface area contributed by atoms with Crippen molar-refractivity contribution in [1.82, 2.24) is 0 Å². The molecule has 0 bridgehead atoms. The van der Waals surface area contributed by atoms with Gasteiger partial charge in [0.2, 0.25) is 5.91 Å². The van der Waals surface area contributed by atoms with Crippen LogP contribution in [-0.4, -0.2) is 12.5 Å². The second-order valence-electron chi connectivity index (χ2n) is 5.23. The summed E-state index contributed by atoms with van der Waals surface area (Å²) in [6, 6.07) is 7.24. The molecule has 5 heteroatoms. The number of halogens is 1. The van der Waals surface area contributed by atoms with Crippen LogP contribution in [0.5, 0.6) is 0 Å². The smallest absolute Gasteiger partial charge is 0.250 e. The van der Waals surface area contributed by atoms with Crippen LogP contribution < -0.4 is 11.1 Å². The minimum absolute atomic E-state index is 0.00224. The number of anilines is 1. The standard InChI is InChI=1S/C14H18ClN3O/c1-14(2,6-3-7-16)9-18-10-4-5-12(15)11(8-10)13(17)19/h4-5,8,18H,3,6,9H2,1-2H3,(H2,17,19). The van der Waals surface area contributed by atoms with E-state index in [1.54, 1.807) is 18.2 Å². The Labute approximate surface area is 118 Å². The van der Waals surface area contributed by atoms with Crippen LogP contribution >= 0.6 is 11.6 Å². The third-order valence-electron chi connectivity index (χ3n) is 2.92. The van der Waals surface area contributed by atoms with Crippen LogP contribution in [0.3, 0.4) is 0 Å². The molecule has 1 aromatic carbocycles. The third-order valence-corrected chi connectivity index (χ3v) is 3.25. The summed E-state index contributed by atoms with van der Waals surface area (Å²) in [4.78, 5) is 11.2. The maximum atomic E-state index is 11.2. The number of hydrogen-bond acceptors (Lipinski definition) is 3. The lowest BCUT2D eigenvalue weighted by atomic mass is 9.88. The van der Waals surface area contributed by atoms with Crippen LogP contribution in [0, 0.1) is 16.7 Å². The Morgan fingerprint density at radius 3 is 2.79 bits per heavy atom. The van der Waals surface area contributed by atoms with Gasteiger partial charge in [0.05, 0.1) is 16.7 Å². The summed E-state index contributed by atoms with van der Waals surface area (Å²) in [6.45, 7) is 4.87. The zero-order valence-corrected chi connectivity index (χ0v) is 11.9. The van der Waals surface area contributed by atoms with Gasteiger partial charge in [-0.3, -0.25) is 4.79 Å². The van der Waals surface area contributed by atoms with Gasteiger partial charge in [0, 0.05) is 18.7 Å². The lowest BCUT2D eigenvalue weighted by Crippen LogP contribution is -2.23. The first-order valence-electron chi connectivity index (χ1n) is 6.06. The minimum atomic E-state index is -0.544. The first-order valence-corrected chi connectivity index (χ1v) is 6.44. The number of amides is 1. The highest BCUT2D eigenvalue weighted by Crippen LogP contribution is 2.25. The summed E-state index contributed by atoms with van der Waals surface area (Å²) < 4.78 is 0. The number of benzene rings is 1. The summed E-state index contributed by atoms with van der Waals surface area (Å²) in [6.07, 6.45) is 1.34. The molecule has 1 rings (SSSR count). The van der Waals surface area contributed by atoms with Gasteiger partial charge in [-0.1, -0.05) is 25.4 Å². The second-order valence-corrected chi connectivity index (χ2v) is 5.64. The molecule has 0 fully saturated rings. The molecular weight excluding hydrogens is 262 g/mol. The largest absolute Gasteiger partial charge is 0.384 e. The number of nitrogens with one attached hydrogen (secondary N) is 1. The SMILES string of the molecule is CC(C)(CCC#N)CNc1ccc(Cl)c(C(N)=O)c1. The Kier molecular flexibility index (Phi) is 5.20. The molecule has 102 valence electrons. The van der Waals surface area contributed by atoms with Gasteiger partial charge in [-0.15, -0.1) is 0 Å². The van der Waals surface area contributed by atoms with E-state index >= 15 is 0 Å². The van der Waals surface area contributed by atoms with E-state index in [2.05, 4.69) is 25.2 Å². The average Bonchev–Trinajstić information content (AvgIpc) is 2.35. The molecule has 0 spiro atoms. The molecular formula is C14H18ClN3O. The lowest BCUT2D eigenvalue weighted by molar-refractivity contribution is 0.100. The molecule has 0 saturated carbocycles. The number of hydrogen-bond donors (Lipinski definition) is 2. The quantitative estimate of drug-likeness (QED) is 0.839. The molecule has 0 aliphatic rings. The summed E-state index contributed by atoms with van der Waals surface area (Å²) in [5, 5.41) is 12.2. The fourth-order valence-electron chi connectivity index (χ4n) is 1.65. The summed E-state index contributed by atoms with van der Waals surface area (Å²) in [5.74, 6) is -0.544. The predicted molar refractivity (Wildman–Crippen MR) is 77.1 cm³/mol. The van der Waals surface area contributed by atoms with Crippen molar-refractivity contribution in [2.75, 3.05) is 11.9 Å². The average molecular weight is 280 g/mol. The zero-order chi connectivity index (χ0) is 14.5. The van der Waals surface area contributed by atoms with Crippen molar-refractivity contribution in [3.8, 4) is 6.07 Å². The predicted octanol–water partition coefficient (Wildman–Crippen LogP) is 3.18. The van der Waals surface area contributed by atoms with Gasteiger partial charge in [0.25, 0.3) is 0 Å². The molecule has 3 N–H and O–H groups in total. The first kappa shape index (κ1) is 15.3. The Morgan fingerprint density at radius 2 is 2.21 bits per heavy atom. The van der Waals surface area contributed by atoms with Crippen LogP contribution in [0.15, 0.2) is 18.2 Å². The molecule has 1 aromatic rings.